The van der Waals surface area contributed by atoms with Crippen molar-refractivity contribution in [2.75, 3.05) is 0 Å². The molecule has 3 rings (SSSR count). The Kier molecular flexibility index (Phi) is 2.01. The lowest BCUT2D eigenvalue weighted by atomic mass is 10.1. The Balaban J connectivity index is 2.24. The minimum atomic E-state index is -0.0713. The average Bonchev–Trinajstić information content (AvgIpc) is 2.97. The summed E-state index contributed by atoms with van der Waals surface area (Å²) in [5.74, 6) is -0.0713. The zero-order valence-electron chi connectivity index (χ0n) is 9.06. The largest absolute Gasteiger partial charge is 0.293 e. The summed E-state index contributed by atoms with van der Waals surface area (Å²) in [5, 5.41) is 14.2. The number of aromatic amines is 2. The highest BCUT2D eigenvalue weighted by Crippen LogP contribution is 2.21. The first-order valence-electron chi connectivity index (χ1n) is 5.10. The summed E-state index contributed by atoms with van der Waals surface area (Å²) in [6.45, 7) is 1.49. The smallest absolute Gasteiger partial charge is 0.180 e. The maximum Gasteiger partial charge on any atom is 0.180 e. The maximum atomic E-state index is 11.4. The molecular weight excluding hydrogens is 218 g/mol. The average molecular weight is 227 g/mol. The van der Waals surface area contributed by atoms with E-state index in [-0.39, 0.29) is 5.78 Å². The second-order valence-electron chi connectivity index (χ2n) is 3.71. The van der Waals surface area contributed by atoms with Crippen molar-refractivity contribution in [2.24, 2.45) is 0 Å². The fraction of sp³-hybridized carbons (Fsp3) is 0.0909. The van der Waals surface area contributed by atoms with Gasteiger partial charge in [-0.25, -0.2) is 0 Å². The molecule has 0 atom stereocenters. The van der Waals surface area contributed by atoms with Crippen LogP contribution in [0.2, 0.25) is 0 Å². The van der Waals surface area contributed by atoms with Gasteiger partial charge >= 0.3 is 0 Å². The van der Waals surface area contributed by atoms with Crippen LogP contribution < -0.4 is 0 Å². The van der Waals surface area contributed by atoms with Gasteiger partial charge in [0.25, 0.3) is 0 Å². The molecule has 0 saturated heterocycles. The number of carbonyl (C=O) groups is 1. The van der Waals surface area contributed by atoms with E-state index in [2.05, 4.69) is 25.4 Å². The van der Waals surface area contributed by atoms with Crippen LogP contribution in [0.4, 0.5) is 0 Å². The highest BCUT2D eigenvalue weighted by molar-refractivity contribution is 6.05. The molecule has 0 bridgehead atoms. The molecular formula is C11H9N5O. The third-order valence-electron chi connectivity index (χ3n) is 2.56. The topological polar surface area (TPSA) is 87.3 Å². The second-order valence-corrected chi connectivity index (χ2v) is 3.71. The Morgan fingerprint density at radius 2 is 2.24 bits per heavy atom. The van der Waals surface area contributed by atoms with Crippen molar-refractivity contribution in [3.8, 4) is 11.4 Å². The minimum absolute atomic E-state index is 0.0713. The van der Waals surface area contributed by atoms with Gasteiger partial charge in [-0.05, 0) is 12.1 Å². The Morgan fingerprint density at radius 1 is 1.35 bits per heavy atom. The Hall–Kier alpha value is -2.50. The number of nitrogens with one attached hydrogen (secondary N) is 2. The van der Waals surface area contributed by atoms with Gasteiger partial charge < -0.3 is 0 Å². The highest BCUT2D eigenvalue weighted by Gasteiger charge is 2.11. The fourth-order valence-corrected chi connectivity index (χ4v) is 1.73. The number of pyridine rings is 1. The summed E-state index contributed by atoms with van der Waals surface area (Å²) in [6.07, 6.45) is 3.31. The van der Waals surface area contributed by atoms with Gasteiger partial charge in [0.1, 0.15) is 5.69 Å². The molecule has 6 heteroatoms. The molecule has 6 nitrogen and oxygen atoms in total. The first-order chi connectivity index (χ1) is 8.25. The zero-order valence-corrected chi connectivity index (χ0v) is 9.06. The molecule has 0 aliphatic rings. The normalized spacial score (nSPS) is 10.9. The van der Waals surface area contributed by atoms with Crippen molar-refractivity contribution in [1.29, 1.82) is 0 Å². The van der Waals surface area contributed by atoms with Gasteiger partial charge in [0, 0.05) is 18.5 Å². The van der Waals surface area contributed by atoms with Gasteiger partial charge in [0.2, 0.25) is 0 Å². The number of rotatable bonds is 2. The number of aromatic nitrogens is 5. The van der Waals surface area contributed by atoms with E-state index < -0.39 is 0 Å². The van der Waals surface area contributed by atoms with Crippen LogP contribution in [0.3, 0.4) is 0 Å². The number of ketones is 1. The summed E-state index contributed by atoms with van der Waals surface area (Å²) in [4.78, 5) is 15.7. The predicted octanol–water partition coefficient (Wildman–Crippen LogP) is 1.55. The number of fused-ring (bicyclic) bond motifs is 1. The van der Waals surface area contributed by atoms with Crippen molar-refractivity contribution >= 4 is 16.7 Å². The summed E-state index contributed by atoms with van der Waals surface area (Å²) < 4.78 is 0. The standard InChI is InChI=1S/C11H9N5O/c1-6(17)11-7-4-9(8-2-3-13-14-8)12-5-10(7)15-16-11/h2-5H,1H3,(H,13,14)(H,15,16). The lowest BCUT2D eigenvalue weighted by molar-refractivity contribution is 0.101. The lowest BCUT2D eigenvalue weighted by Gasteiger charge is -1.97. The molecule has 0 saturated carbocycles. The number of nitrogens with zero attached hydrogens (tertiary/aromatic N) is 3. The van der Waals surface area contributed by atoms with Gasteiger partial charge in [0.05, 0.1) is 23.1 Å². The Bertz CT molecular complexity index is 683. The first-order valence-corrected chi connectivity index (χ1v) is 5.10. The van der Waals surface area contributed by atoms with Crippen LogP contribution in [0.25, 0.3) is 22.3 Å². The molecule has 0 aromatic carbocycles. The minimum Gasteiger partial charge on any atom is -0.293 e. The van der Waals surface area contributed by atoms with Crippen molar-refractivity contribution in [3.63, 3.8) is 0 Å². The third kappa shape index (κ3) is 1.50. The molecule has 0 aliphatic carbocycles. The zero-order chi connectivity index (χ0) is 11.8. The van der Waals surface area contributed by atoms with Crippen LogP contribution in [-0.4, -0.2) is 31.2 Å². The van der Waals surface area contributed by atoms with Crippen LogP contribution in [0.1, 0.15) is 17.4 Å². The maximum absolute atomic E-state index is 11.4. The number of H-pyrrole nitrogens is 2. The molecule has 2 N–H and O–H groups in total. The van der Waals surface area contributed by atoms with Crippen LogP contribution in [0, 0.1) is 0 Å². The molecule has 0 radical (unpaired) electrons. The molecule has 0 amide bonds. The van der Waals surface area contributed by atoms with Crippen molar-refractivity contribution < 1.29 is 4.79 Å². The molecule has 0 spiro atoms. The van der Waals surface area contributed by atoms with Gasteiger partial charge in [-0.3, -0.25) is 20.0 Å². The van der Waals surface area contributed by atoms with E-state index in [1.165, 1.54) is 6.92 Å². The molecule has 3 aromatic rings. The summed E-state index contributed by atoms with van der Waals surface area (Å²) in [6, 6.07) is 3.64. The molecule has 17 heavy (non-hydrogen) atoms. The van der Waals surface area contributed by atoms with Crippen molar-refractivity contribution in [3.05, 3.63) is 30.2 Å². The number of hydrogen-bond acceptors (Lipinski definition) is 4. The predicted molar refractivity (Wildman–Crippen MR) is 61.5 cm³/mol. The number of carbonyl (C=O) groups excluding carboxylic acids is 1. The lowest BCUT2D eigenvalue weighted by Crippen LogP contribution is -1.93. The summed E-state index contributed by atoms with van der Waals surface area (Å²) in [5.41, 5.74) is 2.73. The van der Waals surface area contributed by atoms with E-state index in [4.69, 9.17) is 0 Å². The number of hydrogen-bond donors (Lipinski definition) is 2. The van der Waals surface area contributed by atoms with Crippen LogP contribution in [-0.2, 0) is 0 Å². The third-order valence-corrected chi connectivity index (χ3v) is 2.56. The Morgan fingerprint density at radius 3 is 2.94 bits per heavy atom. The van der Waals surface area contributed by atoms with Gasteiger partial charge in [-0.1, -0.05) is 0 Å². The highest BCUT2D eigenvalue weighted by atomic mass is 16.1. The molecule has 3 aromatic heterocycles. The van der Waals surface area contributed by atoms with Crippen molar-refractivity contribution in [2.45, 2.75) is 6.92 Å². The monoisotopic (exact) mass is 227 g/mol. The van der Waals surface area contributed by atoms with Gasteiger partial charge in [-0.2, -0.15) is 10.2 Å². The molecule has 0 aliphatic heterocycles. The first kappa shape index (κ1) is 9.71. The quantitative estimate of drug-likeness (QED) is 0.650. The van der Waals surface area contributed by atoms with Crippen LogP contribution >= 0.6 is 0 Å². The van der Waals surface area contributed by atoms with E-state index in [0.29, 0.717) is 5.69 Å². The van der Waals surface area contributed by atoms with Gasteiger partial charge in [0.15, 0.2) is 5.78 Å². The second kappa shape index (κ2) is 3.51. The SMILES string of the molecule is CC(=O)c1n[nH]c2cnc(-c3ccn[nH]3)cc12. The molecule has 84 valence electrons. The Labute approximate surface area is 96.1 Å². The summed E-state index contributed by atoms with van der Waals surface area (Å²) >= 11 is 0. The van der Waals surface area contributed by atoms with E-state index in [1.54, 1.807) is 12.4 Å². The fourth-order valence-electron chi connectivity index (χ4n) is 1.73. The van der Waals surface area contributed by atoms with Gasteiger partial charge in [-0.15, -0.1) is 0 Å². The van der Waals surface area contributed by atoms with E-state index >= 15 is 0 Å². The van der Waals surface area contributed by atoms with E-state index in [0.717, 1.165) is 22.3 Å². The van der Waals surface area contributed by atoms with Crippen LogP contribution in [0.15, 0.2) is 24.5 Å². The van der Waals surface area contributed by atoms with Crippen molar-refractivity contribution in [1.82, 2.24) is 25.4 Å². The van der Waals surface area contributed by atoms with E-state index in [1.807, 2.05) is 12.1 Å². The molecule has 3 heterocycles. The molecule has 0 fully saturated rings. The number of Topliss-reactive ketones (excluding diaryl/α,β-unsaturated/α-hetero) is 1. The summed E-state index contributed by atoms with van der Waals surface area (Å²) in [7, 11) is 0. The van der Waals surface area contributed by atoms with Crippen LogP contribution in [0.5, 0.6) is 0 Å². The van der Waals surface area contributed by atoms with E-state index in [9.17, 15) is 4.79 Å². The molecule has 0 unspecified atom stereocenters.